The smallest absolute Gasteiger partial charge is 0.201 e. The fraction of sp³-hybridized carbons (Fsp3) is 0.333. The molecular formula is C9H10N2O2S2. The molecule has 0 radical (unpaired) electrons. The van der Waals surface area contributed by atoms with Gasteiger partial charge in [0.2, 0.25) is 6.29 Å². The van der Waals surface area contributed by atoms with E-state index in [9.17, 15) is 0 Å². The zero-order valence-electron chi connectivity index (χ0n) is 8.34. The molecule has 0 saturated carbocycles. The first kappa shape index (κ1) is 10.7. The van der Waals surface area contributed by atoms with Gasteiger partial charge in [-0.15, -0.1) is 22.7 Å². The Kier molecular flexibility index (Phi) is 3.42. The van der Waals surface area contributed by atoms with E-state index in [1.165, 1.54) is 11.3 Å². The van der Waals surface area contributed by atoms with Gasteiger partial charge in [-0.25, -0.2) is 9.97 Å². The van der Waals surface area contributed by atoms with Crippen LogP contribution in [0.5, 0.6) is 0 Å². The highest BCUT2D eigenvalue weighted by atomic mass is 32.1. The van der Waals surface area contributed by atoms with Crippen molar-refractivity contribution in [1.29, 1.82) is 0 Å². The van der Waals surface area contributed by atoms with Gasteiger partial charge < -0.3 is 9.47 Å². The molecule has 80 valence electrons. The average molecular weight is 242 g/mol. The van der Waals surface area contributed by atoms with Gasteiger partial charge in [0.15, 0.2) is 0 Å². The lowest BCUT2D eigenvalue weighted by molar-refractivity contribution is -0.108. The minimum absolute atomic E-state index is 0.395. The van der Waals surface area contributed by atoms with Crippen LogP contribution in [0.4, 0.5) is 0 Å². The van der Waals surface area contributed by atoms with Gasteiger partial charge in [-0.1, -0.05) is 0 Å². The molecule has 2 rings (SSSR count). The Balaban J connectivity index is 2.24. The molecule has 15 heavy (non-hydrogen) atoms. The van der Waals surface area contributed by atoms with Crippen LogP contribution < -0.4 is 0 Å². The standard InChI is InChI=1S/C9H10N2O2S2/c1-12-9(13-2)7-4-15-8(11-7)6-3-14-5-10-6/h3-5,9H,1-2H3. The number of hydrogen-bond acceptors (Lipinski definition) is 6. The van der Waals surface area contributed by atoms with Crippen molar-refractivity contribution in [2.45, 2.75) is 6.29 Å². The van der Waals surface area contributed by atoms with Gasteiger partial charge in [0.25, 0.3) is 0 Å². The summed E-state index contributed by atoms with van der Waals surface area (Å²) < 4.78 is 10.2. The van der Waals surface area contributed by atoms with Crippen molar-refractivity contribution >= 4 is 22.7 Å². The van der Waals surface area contributed by atoms with Crippen LogP contribution in [0.3, 0.4) is 0 Å². The van der Waals surface area contributed by atoms with Gasteiger partial charge in [0.1, 0.15) is 16.4 Å². The van der Waals surface area contributed by atoms with Crippen LogP contribution in [-0.4, -0.2) is 24.2 Å². The molecule has 0 fully saturated rings. The molecule has 4 nitrogen and oxygen atoms in total. The first-order chi connectivity index (χ1) is 7.35. The first-order valence-electron chi connectivity index (χ1n) is 4.24. The molecular weight excluding hydrogens is 232 g/mol. The molecule has 0 aliphatic carbocycles. The number of ether oxygens (including phenoxy) is 2. The normalized spacial score (nSPS) is 11.1. The molecule has 0 aliphatic heterocycles. The van der Waals surface area contributed by atoms with Crippen LogP contribution in [0.15, 0.2) is 16.3 Å². The Morgan fingerprint density at radius 2 is 2.07 bits per heavy atom. The SMILES string of the molecule is COC(OC)c1csc(-c2cscn2)n1. The van der Waals surface area contributed by atoms with Crippen molar-refractivity contribution in [2.24, 2.45) is 0 Å². The third kappa shape index (κ3) is 2.23. The Labute approximate surface area is 95.5 Å². The van der Waals surface area contributed by atoms with E-state index < -0.39 is 6.29 Å². The summed E-state index contributed by atoms with van der Waals surface area (Å²) in [7, 11) is 3.19. The van der Waals surface area contributed by atoms with E-state index in [0.29, 0.717) is 0 Å². The van der Waals surface area contributed by atoms with E-state index in [1.807, 2.05) is 10.8 Å². The molecule has 6 heteroatoms. The minimum Gasteiger partial charge on any atom is -0.350 e. The second kappa shape index (κ2) is 4.80. The van der Waals surface area contributed by atoms with Crippen molar-refractivity contribution in [3.63, 3.8) is 0 Å². The molecule has 0 aliphatic rings. The molecule has 0 saturated heterocycles. The quantitative estimate of drug-likeness (QED) is 0.773. The summed E-state index contributed by atoms with van der Waals surface area (Å²) in [6.45, 7) is 0. The van der Waals surface area contributed by atoms with Crippen LogP contribution in [0.25, 0.3) is 10.7 Å². The van der Waals surface area contributed by atoms with E-state index in [-0.39, 0.29) is 0 Å². The maximum atomic E-state index is 5.12. The Hall–Kier alpha value is -0.820. The van der Waals surface area contributed by atoms with Gasteiger partial charge in [0, 0.05) is 25.0 Å². The second-order valence-corrected chi connectivity index (χ2v) is 4.33. The topological polar surface area (TPSA) is 44.2 Å². The number of hydrogen-bond donors (Lipinski definition) is 0. The summed E-state index contributed by atoms with van der Waals surface area (Å²) in [4.78, 5) is 8.60. The molecule has 0 bridgehead atoms. The largest absolute Gasteiger partial charge is 0.350 e. The molecule has 0 unspecified atom stereocenters. The first-order valence-corrected chi connectivity index (χ1v) is 6.07. The lowest BCUT2D eigenvalue weighted by atomic mass is 10.4. The summed E-state index contributed by atoms with van der Waals surface area (Å²) in [5, 5.41) is 4.79. The van der Waals surface area contributed by atoms with Crippen molar-refractivity contribution in [3.05, 3.63) is 22.0 Å². The van der Waals surface area contributed by atoms with Crippen LogP contribution in [-0.2, 0) is 9.47 Å². The summed E-state index contributed by atoms with van der Waals surface area (Å²) >= 11 is 3.10. The molecule has 2 aromatic heterocycles. The van der Waals surface area contributed by atoms with Gasteiger partial charge in [0.05, 0.1) is 5.51 Å². The van der Waals surface area contributed by atoms with E-state index in [2.05, 4.69) is 9.97 Å². The summed E-state index contributed by atoms with van der Waals surface area (Å²) in [6, 6.07) is 0. The minimum atomic E-state index is -0.395. The fourth-order valence-electron chi connectivity index (χ4n) is 1.17. The van der Waals surface area contributed by atoms with Crippen molar-refractivity contribution < 1.29 is 9.47 Å². The zero-order chi connectivity index (χ0) is 10.7. The number of thiazole rings is 2. The predicted molar refractivity (Wildman–Crippen MR) is 60.0 cm³/mol. The maximum absolute atomic E-state index is 5.12. The van der Waals surface area contributed by atoms with Crippen LogP contribution in [0.2, 0.25) is 0 Å². The summed E-state index contributed by atoms with van der Waals surface area (Å²) in [5.41, 5.74) is 3.48. The molecule has 0 N–H and O–H groups in total. The highest BCUT2D eigenvalue weighted by molar-refractivity contribution is 7.13. The Morgan fingerprint density at radius 3 is 2.67 bits per heavy atom. The molecule has 2 heterocycles. The number of nitrogens with zero attached hydrogens (tertiary/aromatic N) is 2. The molecule has 0 amide bonds. The monoisotopic (exact) mass is 242 g/mol. The Morgan fingerprint density at radius 1 is 1.27 bits per heavy atom. The van der Waals surface area contributed by atoms with E-state index in [0.717, 1.165) is 16.4 Å². The van der Waals surface area contributed by atoms with E-state index in [1.54, 1.807) is 31.1 Å². The van der Waals surface area contributed by atoms with Gasteiger partial charge in [-0.3, -0.25) is 0 Å². The van der Waals surface area contributed by atoms with Crippen LogP contribution in [0.1, 0.15) is 12.0 Å². The van der Waals surface area contributed by atoms with Crippen LogP contribution in [0, 0.1) is 0 Å². The number of aromatic nitrogens is 2. The van der Waals surface area contributed by atoms with E-state index in [4.69, 9.17) is 9.47 Å². The number of methoxy groups -OCH3 is 2. The lowest BCUT2D eigenvalue weighted by Crippen LogP contribution is -2.03. The number of rotatable bonds is 4. The van der Waals surface area contributed by atoms with Gasteiger partial charge in [-0.2, -0.15) is 0 Å². The van der Waals surface area contributed by atoms with Crippen molar-refractivity contribution in [2.75, 3.05) is 14.2 Å². The molecule has 0 atom stereocenters. The highest BCUT2D eigenvalue weighted by Gasteiger charge is 2.14. The summed E-state index contributed by atoms with van der Waals surface area (Å²) in [6.07, 6.45) is -0.395. The molecule has 0 aromatic carbocycles. The predicted octanol–water partition coefficient (Wildman–Crippen LogP) is 2.56. The highest BCUT2D eigenvalue weighted by Crippen LogP contribution is 2.27. The second-order valence-electron chi connectivity index (χ2n) is 2.75. The van der Waals surface area contributed by atoms with Gasteiger partial charge >= 0.3 is 0 Å². The van der Waals surface area contributed by atoms with Crippen molar-refractivity contribution in [1.82, 2.24) is 9.97 Å². The zero-order valence-corrected chi connectivity index (χ0v) is 9.97. The van der Waals surface area contributed by atoms with Crippen LogP contribution >= 0.6 is 22.7 Å². The van der Waals surface area contributed by atoms with E-state index >= 15 is 0 Å². The Bertz CT molecular complexity index is 409. The third-order valence-electron chi connectivity index (χ3n) is 1.84. The van der Waals surface area contributed by atoms with Gasteiger partial charge in [-0.05, 0) is 0 Å². The van der Waals surface area contributed by atoms with Crippen molar-refractivity contribution in [3.8, 4) is 10.7 Å². The maximum Gasteiger partial charge on any atom is 0.201 e. The third-order valence-corrected chi connectivity index (χ3v) is 3.31. The lowest BCUT2D eigenvalue weighted by Gasteiger charge is -2.09. The fourth-order valence-corrected chi connectivity index (χ4v) is 2.57. The molecule has 2 aromatic rings. The average Bonchev–Trinajstić information content (AvgIpc) is 2.89. The molecule has 0 spiro atoms. The summed E-state index contributed by atoms with van der Waals surface area (Å²) in [5.74, 6) is 0.